The zero-order chi connectivity index (χ0) is 20.2. The predicted molar refractivity (Wildman–Crippen MR) is 115 cm³/mol. The number of carbonyl (C=O) groups excluding carboxylic acids is 1. The van der Waals surface area contributed by atoms with Crippen LogP contribution < -0.4 is 8.01 Å². The van der Waals surface area contributed by atoms with Crippen molar-refractivity contribution in [1.29, 1.82) is 0 Å². The maximum atomic E-state index is 13.4. The van der Waals surface area contributed by atoms with Crippen LogP contribution in [0.1, 0.15) is 47.3 Å². The molecule has 0 spiro atoms. The second kappa shape index (κ2) is 6.64. The maximum Gasteiger partial charge on any atom is 0.272 e. The van der Waals surface area contributed by atoms with Gasteiger partial charge in [-0.1, -0.05) is 0 Å². The van der Waals surface area contributed by atoms with E-state index >= 15 is 0 Å². The van der Waals surface area contributed by atoms with Gasteiger partial charge in [-0.05, 0) is 40.5 Å². The predicted octanol–water partition coefficient (Wildman–Crippen LogP) is 3.92. The highest BCUT2D eigenvalue weighted by Gasteiger charge is 2.43. The topological polar surface area (TPSA) is 88.2 Å². The van der Waals surface area contributed by atoms with Crippen LogP contribution in [-0.4, -0.2) is 38.4 Å². The Labute approximate surface area is 176 Å². The van der Waals surface area contributed by atoms with Crippen LogP contribution in [0.5, 0.6) is 0 Å². The first kappa shape index (κ1) is 19.0. The number of aromatic nitrogens is 4. The lowest BCUT2D eigenvalue weighted by Gasteiger charge is -2.26. The zero-order valence-corrected chi connectivity index (χ0v) is 18.6. The molecule has 0 atom stereocenters. The summed E-state index contributed by atoms with van der Waals surface area (Å²) in [5.41, 5.74) is 2.54. The Morgan fingerprint density at radius 2 is 1.89 bits per heavy atom. The molecule has 1 saturated carbocycles. The lowest BCUT2D eigenvalue weighted by Crippen LogP contribution is -2.32. The van der Waals surface area contributed by atoms with Gasteiger partial charge in [-0.15, -0.1) is 0 Å². The molecule has 3 aromatic heterocycles. The number of fused-ring (bicyclic) bond motifs is 1. The SMILES string of the molecule is Cc1ncc(N(I)C(=O)c2c(C)oc3ncnc(N(C)C4(C)CC4)c23)nc1C. The van der Waals surface area contributed by atoms with E-state index in [1.165, 1.54) is 9.44 Å². The average Bonchev–Trinajstić information content (AvgIpc) is 3.33. The molecule has 0 saturated heterocycles. The fourth-order valence-corrected chi connectivity index (χ4v) is 3.61. The second-order valence-electron chi connectivity index (χ2n) is 7.45. The van der Waals surface area contributed by atoms with E-state index in [0.29, 0.717) is 34.1 Å². The Kier molecular flexibility index (Phi) is 4.52. The Morgan fingerprint density at radius 3 is 2.54 bits per heavy atom. The third-order valence-corrected chi connectivity index (χ3v) is 6.45. The number of hydrogen-bond donors (Lipinski definition) is 0. The van der Waals surface area contributed by atoms with Crippen LogP contribution in [0, 0.1) is 20.8 Å². The van der Waals surface area contributed by atoms with Gasteiger partial charge in [0.1, 0.15) is 17.9 Å². The van der Waals surface area contributed by atoms with Crippen LogP contribution >= 0.6 is 22.9 Å². The van der Waals surface area contributed by atoms with Crippen LogP contribution in [0.25, 0.3) is 11.1 Å². The molecular formula is C19H21IN6O2. The minimum absolute atomic E-state index is 0.0519. The van der Waals surface area contributed by atoms with E-state index < -0.39 is 0 Å². The van der Waals surface area contributed by atoms with Crippen molar-refractivity contribution in [2.24, 2.45) is 0 Å². The van der Waals surface area contributed by atoms with Crippen LogP contribution in [0.3, 0.4) is 0 Å². The molecule has 28 heavy (non-hydrogen) atoms. The molecule has 4 rings (SSSR count). The number of anilines is 2. The first-order chi connectivity index (χ1) is 13.2. The minimum atomic E-state index is -0.236. The summed E-state index contributed by atoms with van der Waals surface area (Å²) in [6.07, 6.45) is 5.25. The molecule has 8 nitrogen and oxygen atoms in total. The molecule has 1 aliphatic rings. The highest BCUT2D eigenvalue weighted by Crippen LogP contribution is 2.44. The summed E-state index contributed by atoms with van der Waals surface area (Å²) in [6, 6.07) is 0. The molecule has 3 heterocycles. The Balaban J connectivity index is 1.82. The molecule has 9 heteroatoms. The number of halogens is 1. The third-order valence-electron chi connectivity index (χ3n) is 5.52. The third kappa shape index (κ3) is 3.01. The van der Waals surface area contributed by atoms with Gasteiger partial charge in [-0.25, -0.2) is 18.1 Å². The van der Waals surface area contributed by atoms with Crippen molar-refractivity contribution in [2.75, 3.05) is 15.1 Å². The van der Waals surface area contributed by atoms with Gasteiger partial charge in [0, 0.05) is 12.6 Å². The van der Waals surface area contributed by atoms with Crippen LogP contribution in [0.2, 0.25) is 0 Å². The largest absolute Gasteiger partial charge is 0.442 e. The van der Waals surface area contributed by atoms with Gasteiger partial charge < -0.3 is 9.32 Å². The number of aryl methyl sites for hydroxylation is 3. The standard InChI is InChI=1S/C19H21IN6O2/c1-10-11(2)24-13(8-21-10)26(20)18(27)14-12(3)28-17-15(14)16(22-9-23-17)25(5)19(4)6-7-19/h8-9H,6-7H2,1-5H3. The highest BCUT2D eigenvalue weighted by atomic mass is 127. The van der Waals surface area contributed by atoms with Gasteiger partial charge in [-0.2, -0.15) is 0 Å². The molecule has 146 valence electrons. The fraction of sp³-hybridized carbons (Fsp3) is 0.421. The van der Waals surface area contributed by atoms with Gasteiger partial charge in [0.05, 0.1) is 51.4 Å². The van der Waals surface area contributed by atoms with Crippen LogP contribution in [0.4, 0.5) is 11.6 Å². The summed E-state index contributed by atoms with van der Waals surface area (Å²) in [6.45, 7) is 7.71. The van der Waals surface area contributed by atoms with Crippen molar-refractivity contribution >= 4 is 51.5 Å². The van der Waals surface area contributed by atoms with Gasteiger partial charge >= 0.3 is 0 Å². The van der Waals surface area contributed by atoms with Crippen molar-refractivity contribution in [2.45, 2.75) is 46.1 Å². The first-order valence-electron chi connectivity index (χ1n) is 9.01. The van der Waals surface area contributed by atoms with Gasteiger partial charge in [0.15, 0.2) is 5.82 Å². The fourth-order valence-electron chi connectivity index (χ4n) is 3.14. The molecule has 0 unspecified atom stereocenters. The number of furan rings is 1. The summed E-state index contributed by atoms with van der Waals surface area (Å²) in [4.78, 5) is 33.0. The summed E-state index contributed by atoms with van der Waals surface area (Å²) in [5, 5.41) is 0.638. The van der Waals surface area contributed by atoms with E-state index in [9.17, 15) is 4.79 Å². The lowest BCUT2D eigenvalue weighted by molar-refractivity contribution is 0.101. The normalized spacial score (nSPS) is 14.9. The number of rotatable bonds is 4. The summed E-state index contributed by atoms with van der Waals surface area (Å²) >= 11 is 1.95. The molecule has 3 aromatic rings. The zero-order valence-electron chi connectivity index (χ0n) is 16.4. The van der Waals surface area contributed by atoms with Crippen molar-refractivity contribution in [3.63, 3.8) is 0 Å². The van der Waals surface area contributed by atoms with Crippen LogP contribution in [-0.2, 0) is 0 Å². The minimum Gasteiger partial charge on any atom is -0.442 e. The molecule has 1 aliphatic carbocycles. The smallest absolute Gasteiger partial charge is 0.272 e. The molecule has 0 bridgehead atoms. The van der Waals surface area contributed by atoms with Crippen molar-refractivity contribution in [3.8, 4) is 0 Å². The quantitative estimate of drug-likeness (QED) is 0.403. The summed E-state index contributed by atoms with van der Waals surface area (Å²) in [7, 11) is 2.00. The Hall–Kier alpha value is -2.30. The van der Waals surface area contributed by atoms with Crippen molar-refractivity contribution in [3.05, 3.63) is 35.2 Å². The Morgan fingerprint density at radius 1 is 1.18 bits per heavy atom. The average molecular weight is 492 g/mol. The summed E-state index contributed by atoms with van der Waals surface area (Å²) < 4.78 is 7.27. The van der Waals surface area contributed by atoms with Crippen molar-refractivity contribution < 1.29 is 9.21 Å². The number of hydrogen-bond acceptors (Lipinski definition) is 7. The number of amides is 1. The van der Waals surface area contributed by atoms with Gasteiger partial charge in [-0.3, -0.25) is 9.78 Å². The number of nitrogens with zero attached hydrogens (tertiary/aromatic N) is 6. The highest BCUT2D eigenvalue weighted by molar-refractivity contribution is 14.1. The molecule has 0 radical (unpaired) electrons. The number of carbonyl (C=O) groups is 1. The maximum absolute atomic E-state index is 13.4. The lowest BCUT2D eigenvalue weighted by atomic mass is 10.1. The van der Waals surface area contributed by atoms with E-state index in [1.54, 1.807) is 13.1 Å². The van der Waals surface area contributed by atoms with E-state index in [1.807, 2.05) is 43.8 Å². The molecule has 1 amide bonds. The molecule has 1 fully saturated rings. The van der Waals surface area contributed by atoms with E-state index in [4.69, 9.17) is 4.42 Å². The molecule has 0 aromatic carbocycles. The van der Waals surface area contributed by atoms with Crippen molar-refractivity contribution in [1.82, 2.24) is 19.9 Å². The van der Waals surface area contributed by atoms with Gasteiger partial charge in [0.25, 0.3) is 5.91 Å². The monoisotopic (exact) mass is 492 g/mol. The van der Waals surface area contributed by atoms with E-state index in [2.05, 4.69) is 31.8 Å². The van der Waals surface area contributed by atoms with Gasteiger partial charge in [0.2, 0.25) is 5.71 Å². The summed E-state index contributed by atoms with van der Waals surface area (Å²) in [5.74, 6) is 1.46. The molecule has 0 N–H and O–H groups in total. The molecule has 0 aliphatic heterocycles. The Bertz CT molecular complexity index is 1090. The van der Waals surface area contributed by atoms with Crippen LogP contribution in [0.15, 0.2) is 16.9 Å². The van der Waals surface area contributed by atoms with E-state index in [-0.39, 0.29) is 11.4 Å². The van der Waals surface area contributed by atoms with E-state index in [0.717, 1.165) is 24.2 Å². The second-order valence-corrected chi connectivity index (χ2v) is 8.42. The molecular weight excluding hydrogens is 471 g/mol. The first-order valence-corrected chi connectivity index (χ1v) is 9.98.